The molecule has 2 atom stereocenters. The molecule has 1 amide bonds. The third-order valence-corrected chi connectivity index (χ3v) is 5.62. The van der Waals surface area contributed by atoms with Crippen LogP contribution in [0.15, 0.2) is 67.0 Å². The summed E-state index contributed by atoms with van der Waals surface area (Å²) in [6.45, 7) is 0.367. The Labute approximate surface area is 180 Å². The molecule has 0 saturated heterocycles. The van der Waals surface area contributed by atoms with Gasteiger partial charge in [-0.1, -0.05) is 48.5 Å². The minimum Gasteiger partial charge on any atom is -0.449 e. The predicted octanol–water partition coefficient (Wildman–Crippen LogP) is 2.99. The molecule has 0 fully saturated rings. The molecule has 7 heteroatoms. The van der Waals surface area contributed by atoms with Crippen LogP contribution in [0.4, 0.5) is 10.5 Å². The van der Waals surface area contributed by atoms with Gasteiger partial charge in [-0.2, -0.15) is 0 Å². The maximum Gasteiger partial charge on any atom is 0.407 e. The lowest BCUT2D eigenvalue weighted by molar-refractivity contribution is 0.0139. The van der Waals surface area contributed by atoms with E-state index < -0.39 is 18.3 Å². The molecule has 3 aromatic rings. The highest BCUT2D eigenvalue weighted by Gasteiger charge is 2.29. The Bertz CT molecular complexity index is 1030. The van der Waals surface area contributed by atoms with Gasteiger partial charge in [0.2, 0.25) is 0 Å². The van der Waals surface area contributed by atoms with Gasteiger partial charge in [0.15, 0.2) is 0 Å². The van der Waals surface area contributed by atoms with Crippen molar-refractivity contribution in [2.24, 2.45) is 0 Å². The van der Waals surface area contributed by atoms with E-state index in [1.165, 1.54) is 23.5 Å². The number of alkyl carbamates (subject to hydrolysis) is 1. The van der Waals surface area contributed by atoms with Crippen molar-refractivity contribution in [3.05, 3.63) is 83.7 Å². The number of aliphatic hydroxyl groups excluding tert-OH is 2. The third-order valence-electron chi connectivity index (χ3n) is 5.62. The normalized spacial score (nSPS) is 14.4. The third kappa shape index (κ3) is 4.38. The molecule has 0 spiro atoms. The number of carbonyl (C=O) groups is 1. The van der Waals surface area contributed by atoms with Crippen molar-refractivity contribution in [3.8, 4) is 11.1 Å². The van der Waals surface area contributed by atoms with Gasteiger partial charge in [0.05, 0.1) is 6.10 Å². The van der Waals surface area contributed by atoms with Crippen LogP contribution >= 0.6 is 0 Å². The van der Waals surface area contributed by atoms with E-state index in [-0.39, 0.29) is 25.5 Å². The fourth-order valence-corrected chi connectivity index (χ4v) is 4.00. The molecule has 0 bridgehead atoms. The molecule has 2 aromatic carbocycles. The van der Waals surface area contributed by atoms with E-state index in [0.29, 0.717) is 11.3 Å². The van der Waals surface area contributed by atoms with E-state index in [0.717, 1.165) is 11.1 Å². The molecular weight excluding hydrogens is 394 g/mol. The van der Waals surface area contributed by atoms with Crippen LogP contribution in [0.2, 0.25) is 0 Å². The van der Waals surface area contributed by atoms with Gasteiger partial charge in [0, 0.05) is 36.1 Å². The van der Waals surface area contributed by atoms with Crippen molar-refractivity contribution in [1.29, 1.82) is 0 Å². The zero-order chi connectivity index (χ0) is 21.8. The van der Waals surface area contributed by atoms with Gasteiger partial charge in [0.25, 0.3) is 0 Å². The van der Waals surface area contributed by atoms with Gasteiger partial charge in [-0.25, -0.2) is 4.79 Å². The summed E-state index contributed by atoms with van der Waals surface area (Å²) in [5.41, 5.74) is 11.1. The molecular formula is C24H25N3O4. The van der Waals surface area contributed by atoms with Gasteiger partial charge in [-0.05, 0) is 34.7 Å². The number of anilines is 1. The number of hydrogen-bond donors (Lipinski definition) is 4. The van der Waals surface area contributed by atoms with Gasteiger partial charge in [-0.15, -0.1) is 0 Å². The SMILES string of the molecule is Nc1ccncc1C(O)C(O)CCNC(=O)OCC1c2ccccc2-c2ccccc21. The van der Waals surface area contributed by atoms with E-state index in [4.69, 9.17) is 10.5 Å². The second-order valence-electron chi connectivity index (χ2n) is 7.56. The zero-order valence-electron chi connectivity index (χ0n) is 16.9. The van der Waals surface area contributed by atoms with E-state index in [1.807, 2.05) is 24.3 Å². The molecule has 1 heterocycles. The Morgan fingerprint density at radius 2 is 1.71 bits per heavy atom. The Morgan fingerprint density at radius 3 is 2.35 bits per heavy atom. The predicted molar refractivity (Wildman–Crippen MR) is 117 cm³/mol. The summed E-state index contributed by atoms with van der Waals surface area (Å²) in [5, 5.41) is 23.1. The lowest BCUT2D eigenvalue weighted by atomic mass is 9.98. The van der Waals surface area contributed by atoms with Crippen LogP contribution in [0.5, 0.6) is 0 Å². The molecule has 0 aliphatic heterocycles. The molecule has 1 aromatic heterocycles. The first-order chi connectivity index (χ1) is 15.1. The van der Waals surface area contributed by atoms with Crippen molar-refractivity contribution in [2.75, 3.05) is 18.9 Å². The van der Waals surface area contributed by atoms with Crippen molar-refractivity contribution in [1.82, 2.24) is 10.3 Å². The van der Waals surface area contributed by atoms with Crippen molar-refractivity contribution < 1.29 is 19.7 Å². The standard InChI is InChI=1S/C24H25N3O4/c25-21-9-11-26-13-19(21)23(29)22(28)10-12-27-24(30)31-14-20-17-7-3-1-5-15(17)16-6-2-4-8-18(16)20/h1-9,11,13,20,22-23,28-29H,10,12,14H2,(H2,25,26)(H,27,30). The first-order valence-electron chi connectivity index (χ1n) is 10.2. The van der Waals surface area contributed by atoms with Crippen LogP contribution in [-0.4, -0.2) is 40.5 Å². The maximum absolute atomic E-state index is 12.2. The minimum absolute atomic E-state index is 0.0147. The van der Waals surface area contributed by atoms with Crippen LogP contribution in [0.3, 0.4) is 0 Å². The average Bonchev–Trinajstić information content (AvgIpc) is 3.11. The highest BCUT2D eigenvalue weighted by atomic mass is 16.5. The van der Waals surface area contributed by atoms with Crippen molar-refractivity contribution in [2.45, 2.75) is 24.5 Å². The number of aromatic nitrogens is 1. The number of nitrogen functional groups attached to an aromatic ring is 1. The molecule has 2 unspecified atom stereocenters. The number of ether oxygens (including phenoxy) is 1. The van der Waals surface area contributed by atoms with Gasteiger partial charge in [0.1, 0.15) is 12.7 Å². The van der Waals surface area contributed by atoms with E-state index in [2.05, 4.69) is 34.6 Å². The molecule has 1 aliphatic carbocycles. The fraction of sp³-hybridized carbons (Fsp3) is 0.250. The highest BCUT2D eigenvalue weighted by Crippen LogP contribution is 2.44. The van der Waals surface area contributed by atoms with Crippen LogP contribution < -0.4 is 11.1 Å². The molecule has 7 nitrogen and oxygen atoms in total. The number of nitrogens with two attached hydrogens (primary N) is 1. The minimum atomic E-state index is -1.18. The summed E-state index contributed by atoms with van der Waals surface area (Å²) in [7, 11) is 0. The summed E-state index contributed by atoms with van der Waals surface area (Å²) in [6.07, 6.45) is 0.223. The van der Waals surface area contributed by atoms with Crippen molar-refractivity contribution >= 4 is 11.8 Å². The van der Waals surface area contributed by atoms with Crippen molar-refractivity contribution in [3.63, 3.8) is 0 Å². The maximum atomic E-state index is 12.2. The summed E-state index contributed by atoms with van der Waals surface area (Å²) >= 11 is 0. The fourth-order valence-electron chi connectivity index (χ4n) is 4.00. The van der Waals surface area contributed by atoms with Gasteiger partial charge < -0.3 is 26.0 Å². The summed E-state index contributed by atoms with van der Waals surface area (Å²) in [6, 6.07) is 17.8. The molecule has 0 radical (unpaired) electrons. The largest absolute Gasteiger partial charge is 0.449 e. The Kier molecular flexibility index (Phi) is 6.16. The lowest BCUT2D eigenvalue weighted by Gasteiger charge is -2.19. The number of benzene rings is 2. The topological polar surface area (TPSA) is 118 Å². The first kappa shape index (κ1) is 20.8. The van der Waals surface area contributed by atoms with Crippen LogP contribution in [0, 0.1) is 0 Å². The number of fused-ring (bicyclic) bond motifs is 3. The number of aliphatic hydroxyl groups is 2. The summed E-state index contributed by atoms with van der Waals surface area (Å²) in [4.78, 5) is 16.1. The monoisotopic (exact) mass is 419 g/mol. The average molecular weight is 419 g/mol. The number of nitrogens with zero attached hydrogens (tertiary/aromatic N) is 1. The van der Waals surface area contributed by atoms with Crippen LogP contribution in [0.1, 0.15) is 35.1 Å². The molecule has 0 saturated carbocycles. The van der Waals surface area contributed by atoms with Crippen LogP contribution in [0.25, 0.3) is 11.1 Å². The van der Waals surface area contributed by atoms with E-state index in [1.54, 1.807) is 6.07 Å². The number of nitrogens with one attached hydrogen (secondary N) is 1. The Balaban J connectivity index is 1.29. The van der Waals surface area contributed by atoms with Crippen LogP contribution in [-0.2, 0) is 4.74 Å². The number of carbonyl (C=O) groups excluding carboxylic acids is 1. The number of rotatable bonds is 7. The Hall–Kier alpha value is -3.42. The quantitative estimate of drug-likeness (QED) is 0.468. The lowest BCUT2D eigenvalue weighted by Crippen LogP contribution is -2.30. The molecule has 31 heavy (non-hydrogen) atoms. The smallest absolute Gasteiger partial charge is 0.407 e. The van der Waals surface area contributed by atoms with Gasteiger partial charge in [-0.3, -0.25) is 4.98 Å². The summed E-state index contributed by atoms with van der Waals surface area (Å²) in [5.74, 6) is -0.0147. The first-order valence-corrected chi connectivity index (χ1v) is 10.2. The zero-order valence-corrected chi connectivity index (χ0v) is 16.9. The summed E-state index contributed by atoms with van der Waals surface area (Å²) < 4.78 is 5.46. The molecule has 4 rings (SSSR count). The molecule has 5 N–H and O–H groups in total. The second kappa shape index (κ2) is 9.16. The molecule has 1 aliphatic rings. The van der Waals surface area contributed by atoms with E-state index in [9.17, 15) is 15.0 Å². The number of amides is 1. The molecule has 160 valence electrons. The highest BCUT2D eigenvalue weighted by molar-refractivity contribution is 5.79. The second-order valence-corrected chi connectivity index (χ2v) is 7.56. The Morgan fingerprint density at radius 1 is 1.06 bits per heavy atom. The number of pyridine rings is 1. The van der Waals surface area contributed by atoms with E-state index >= 15 is 0 Å². The number of hydrogen-bond acceptors (Lipinski definition) is 6. The van der Waals surface area contributed by atoms with Gasteiger partial charge >= 0.3 is 6.09 Å².